The Morgan fingerprint density at radius 2 is 2.17 bits per heavy atom. The molecule has 0 aliphatic heterocycles. The molecule has 1 N–H and O–H groups in total. The van der Waals surface area contributed by atoms with E-state index >= 15 is 0 Å². The Morgan fingerprint density at radius 3 is 2.87 bits per heavy atom. The molecule has 6 nitrogen and oxygen atoms in total. The van der Waals surface area contributed by atoms with Gasteiger partial charge in [-0.3, -0.25) is 10.1 Å². The van der Waals surface area contributed by atoms with Crippen LogP contribution in [0.2, 0.25) is 0 Å². The van der Waals surface area contributed by atoms with E-state index in [4.69, 9.17) is 8.94 Å². The van der Waals surface area contributed by atoms with Crippen LogP contribution in [0.25, 0.3) is 10.6 Å². The van der Waals surface area contributed by atoms with Gasteiger partial charge in [0.15, 0.2) is 0 Å². The van der Waals surface area contributed by atoms with Crippen molar-refractivity contribution in [1.82, 2.24) is 10.1 Å². The molecule has 0 aromatic carbocycles. The normalized spacial score (nSPS) is 14.2. The molecule has 1 aliphatic rings. The molecule has 1 saturated carbocycles. The van der Waals surface area contributed by atoms with Crippen LogP contribution < -0.4 is 5.32 Å². The van der Waals surface area contributed by atoms with Crippen molar-refractivity contribution in [2.45, 2.75) is 32.6 Å². The number of oxazole rings is 1. The van der Waals surface area contributed by atoms with E-state index in [2.05, 4.69) is 15.5 Å². The summed E-state index contributed by atoms with van der Waals surface area (Å²) < 4.78 is 10.8. The van der Waals surface area contributed by atoms with Crippen LogP contribution in [0.15, 0.2) is 26.5 Å². The molecule has 0 bridgehead atoms. The third-order valence-electron chi connectivity index (χ3n) is 3.86. The maximum Gasteiger partial charge on any atom is 0.302 e. The molecule has 23 heavy (non-hydrogen) atoms. The van der Waals surface area contributed by atoms with Crippen molar-refractivity contribution >= 4 is 23.3 Å². The number of nitrogens with zero attached hydrogens (tertiary/aromatic N) is 2. The highest BCUT2D eigenvalue weighted by Crippen LogP contribution is 2.41. The van der Waals surface area contributed by atoms with E-state index in [0.717, 1.165) is 29.2 Å². The number of hydrogen-bond donors (Lipinski definition) is 1. The summed E-state index contributed by atoms with van der Waals surface area (Å²) in [5, 5.41) is 8.66. The highest BCUT2D eigenvalue weighted by molar-refractivity contribution is 7.13. The molecule has 0 atom stereocenters. The first-order chi connectivity index (χ1) is 11.1. The minimum atomic E-state index is -0.323. The monoisotopic (exact) mass is 329 g/mol. The molecule has 1 aliphatic carbocycles. The number of hydrogen-bond acceptors (Lipinski definition) is 6. The van der Waals surface area contributed by atoms with Gasteiger partial charge in [0.1, 0.15) is 22.8 Å². The Bertz CT molecular complexity index is 859. The van der Waals surface area contributed by atoms with Gasteiger partial charge in [0.2, 0.25) is 0 Å². The number of aromatic nitrogens is 2. The van der Waals surface area contributed by atoms with Gasteiger partial charge in [-0.15, -0.1) is 11.3 Å². The second kappa shape index (κ2) is 5.34. The molecular formula is C16H15N3O3S. The maximum absolute atomic E-state index is 12.6. The molecule has 7 heteroatoms. The number of nitrogens with one attached hydrogen (secondary N) is 1. The Hall–Kier alpha value is -2.41. The van der Waals surface area contributed by atoms with E-state index in [-0.39, 0.29) is 11.9 Å². The van der Waals surface area contributed by atoms with Crippen LogP contribution in [0, 0.1) is 13.8 Å². The Kier molecular flexibility index (Phi) is 3.30. The largest absolute Gasteiger partial charge is 0.428 e. The van der Waals surface area contributed by atoms with Crippen molar-refractivity contribution in [3.8, 4) is 10.6 Å². The molecule has 0 spiro atoms. The van der Waals surface area contributed by atoms with Crippen LogP contribution in [0.4, 0.5) is 6.01 Å². The molecule has 4 rings (SSSR count). The van der Waals surface area contributed by atoms with E-state index < -0.39 is 0 Å². The van der Waals surface area contributed by atoms with E-state index in [1.807, 2.05) is 24.4 Å². The zero-order valence-electron chi connectivity index (χ0n) is 12.8. The van der Waals surface area contributed by atoms with Crippen LogP contribution in [-0.2, 0) is 0 Å². The van der Waals surface area contributed by atoms with Crippen molar-refractivity contribution in [3.63, 3.8) is 0 Å². The minimum absolute atomic E-state index is 0.229. The Balaban J connectivity index is 1.62. The number of amides is 1. The summed E-state index contributed by atoms with van der Waals surface area (Å²) >= 11 is 1.50. The highest BCUT2D eigenvalue weighted by atomic mass is 32.1. The third kappa shape index (κ3) is 2.57. The molecule has 0 unspecified atom stereocenters. The van der Waals surface area contributed by atoms with Gasteiger partial charge >= 0.3 is 6.01 Å². The molecule has 118 valence electrons. The Labute approximate surface area is 136 Å². The third-order valence-corrected chi connectivity index (χ3v) is 4.74. The average molecular weight is 329 g/mol. The van der Waals surface area contributed by atoms with Gasteiger partial charge in [-0.25, -0.2) is 0 Å². The molecule has 0 radical (unpaired) electrons. The van der Waals surface area contributed by atoms with Crippen LogP contribution in [-0.4, -0.2) is 16.0 Å². The SMILES string of the molecule is Cc1oc(NC(=O)c2c(-c3cccs3)noc2C)nc1C1CC1. The number of aryl methyl sites for hydroxylation is 2. The summed E-state index contributed by atoms with van der Waals surface area (Å²) in [7, 11) is 0. The van der Waals surface area contributed by atoms with E-state index in [0.29, 0.717) is 22.9 Å². The summed E-state index contributed by atoms with van der Waals surface area (Å²) in [6, 6.07) is 4.04. The highest BCUT2D eigenvalue weighted by Gasteiger charge is 2.30. The number of carbonyl (C=O) groups excluding carboxylic acids is 1. The van der Waals surface area contributed by atoms with Gasteiger partial charge in [0.25, 0.3) is 5.91 Å². The van der Waals surface area contributed by atoms with Crippen molar-refractivity contribution in [3.05, 3.63) is 40.3 Å². The predicted molar refractivity (Wildman–Crippen MR) is 85.7 cm³/mol. The number of rotatable bonds is 4. The molecule has 3 heterocycles. The summed E-state index contributed by atoms with van der Waals surface area (Å²) in [5.74, 6) is 1.39. The minimum Gasteiger partial charge on any atom is -0.428 e. The van der Waals surface area contributed by atoms with Crippen LogP contribution >= 0.6 is 11.3 Å². The van der Waals surface area contributed by atoms with Crippen LogP contribution in [0.1, 0.15) is 46.3 Å². The standard InChI is InChI=1S/C16H15N3O3S/c1-8-12(14(19-22-8)11-4-3-7-23-11)15(20)18-16-17-13(9(2)21-16)10-5-6-10/h3-4,7,10H,5-6H2,1-2H3,(H,17,18,20). The molecule has 1 amide bonds. The zero-order chi connectivity index (χ0) is 16.0. The summed E-state index contributed by atoms with van der Waals surface area (Å²) in [6.07, 6.45) is 2.27. The van der Waals surface area contributed by atoms with Gasteiger partial charge < -0.3 is 8.94 Å². The van der Waals surface area contributed by atoms with Crippen molar-refractivity contribution < 1.29 is 13.7 Å². The van der Waals surface area contributed by atoms with Crippen LogP contribution in [0.5, 0.6) is 0 Å². The summed E-state index contributed by atoms with van der Waals surface area (Å²) in [5.41, 5.74) is 1.90. The van der Waals surface area contributed by atoms with E-state index in [1.54, 1.807) is 6.92 Å². The fraction of sp³-hybridized carbons (Fsp3) is 0.312. The first-order valence-electron chi connectivity index (χ1n) is 7.42. The number of anilines is 1. The molecule has 3 aromatic rings. The fourth-order valence-corrected chi connectivity index (χ4v) is 3.29. The fourth-order valence-electron chi connectivity index (χ4n) is 2.58. The molecular weight excluding hydrogens is 314 g/mol. The smallest absolute Gasteiger partial charge is 0.302 e. The number of carbonyl (C=O) groups is 1. The van der Waals surface area contributed by atoms with Gasteiger partial charge in [-0.05, 0) is 38.1 Å². The maximum atomic E-state index is 12.6. The Morgan fingerprint density at radius 1 is 1.35 bits per heavy atom. The molecule has 0 saturated heterocycles. The topological polar surface area (TPSA) is 81.2 Å². The lowest BCUT2D eigenvalue weighted by Crippen LogP contribution is -2.13. The van der Waals surface area contributed by atoms with Crippen molar-refractivity contribution in [1.29, 1.82) is 0 Å². The van der Waals surface area contributed by atoms with Gasteiger partial charge in [-0.1, -0.05) is 11.2 Å². The van der Waals surface area contributed by atoms with E-state index in [1.165, 1.54) is 11.3 Å². The lowest BCUT2D eigenvalue weighted by Gasteiger charge is -2.00. The first kappa shape index (κ1) is 14.2. The predicted octanol–water partition coefficient (Wildman–Crippen LogP) is 4.14. The van der Waals surface area contributed by atoms with Gasteiger partial charge in [-0.2, -0.15) is 4.98 Å². The van der Waals surface area contributed by atoms with Crippen molar-refractivity contribution in [2.24, 2.45) is 0 Å². The second-order valence-corrected chi connectivity index (χ2v) is 6.58. The molecule has 3 aromatic heterocycles. The number of thiophene rings is 1. The van der Waals surface area contributed by atoms with E-state index in [9.17, 15) is 4.79 Å². The van der Waals surface area contributed by atoms with Gasteiger partial charge in [0, 0.05) is 5.92 Å². The summed E-state index contributed by atoms with van der Waals surface area (Å²) in [4.78, 5) is 17.9. The van der Waals surface area contributed by atoms with Crippen molar-refractivity contribution in [2.75, 3.05) is 5.32 Å². The van der Waals surface area contributed by atoms with Gasteiger partial charge in [0.05, 0.1) is 10.6 Å². The molecule has 1 fully saturated rings. The second-order valence-electron chi connectivity index (χ2n) is 5.63. The summed E-state index contributed by atoms with van der Waals surface area (Å²) in [6.45, 7) is 3.59. The average Bonchev–Trinajstić information content (AvgIpc) is 2.93. The zero-order valence-corrected chi connectivity index (χ0v) is 13.6. The quantitative estimate of drug-likeness (QED) is 0.778. The lowest BCUT2D eigenvalue weighted by atomic mass is 10.1. The van der Waals surface area contributed by atoms with Crippen LogP contribution in [0.3, 0.4) is 0 Å². The lowest BCUT2D eigenvalue weighted by molar-refractivity contribution is 0.102. The first-order valence-corrected chi connectivity index (χ1v) is 8.30.